The molecule has 28 heavy (non-hydrogen) atoms. The maximum Gasteiger partial charge on any atom is 0.267 e. The molecular formula is C19H13F2N3O2S2. The van der Waals surface area contributed by atoms with E-state index in [4.69, 9.17) is 4.74 Å². The van der Waals surface area contributed by atoms with Crippen molar-refractivity contribution >= 4 is 44.0 Å². The van der Waals surface area contributed by atoms with Crippen molar-refractivity contribution in [3.63, 3.8) is 0 Å². The molecule has 0 aliphatic carbocycles. The topological polar surface area (TPSA) is 64.1 Å². The molecule has 2 aromatic carbocycles. The molecule has 0 spiro atoms. The highest BCUT2D eigenvalue weighted by molar-refractivity contribution is 7.21. The number of nitrogens with one attached hydrogen (secondary N) is 1. The van der Waals surface area contributed by atoms with Gasteiger partial charge in [0.1, 0.15) is 11.6 Å². The summed E-state index contributed by atoms with van der Waals surface area (Å²) in [5, 5.41) is 3.39. The standard InChI is InChI=1S/C19H13F2N3O2S2/c1-26-9-12-15-13(21)3-2-4-14(15)27-16(12)18(25)23-19-22-17(24-28-19)10-5-7-11(20)8-6-10/h2-8H,9H2,1H3,(H,22,23,24,25). The zero-order valence-electron chi connectivity index (χ0n) is 14.5. The van der Waals surface area contributed by atoms with Crippen LogP contribution in [0.4, 0.5) is 13.9 Å². The van der Waals surface area contributed by atoms with Crippen molar-refractivity contribution in [1.82, 2.24) is 9.36 Å². The number of fused-ring (bicyclic) bond motifs is 1. The third-order valence-corrected chi connectivity index (χ3v) is 5.83. The molecule has 1 N–H and O–H groups in total. The van der Waals surface area contributed by atoms with E-state index in [0.717, 1.165) is 11.5 Å². The number of rotatable bonds is 5. The molecule has 5 nitrogen and oxygen atoms in total. The number of amides is 1. The highest BCUT2D eigenvalue weighted by atomic mass is 32.1. The Morgan fingerprint density at radius 2 is 1.96 bits per heavy atom. The van der Waals surface area contributed by atoms with Gasteiger partial charge in [0.15, 0.2) is 5.82 Å². The lowest BCUT2D eigenvalue weighted by atomic mass is 10.1. The van der Waals surface area contributed by atoms with Gasteiger partial charge in [-0.15, -0.1) is 11.3 Å². The first-order valence-corrected chi connectivity index (χ1v) is 9.75. The van der Waals surface area contributed by atoms with E-state index < -0.39 is 11.7 Å². The molecule has 0 atom stereocenters. The van der Waals surface area contributed by atoms with E-state index >= 15 is 0 Å². The van der Waals surface area contributed by atoms with Gasteiger partial charge in [0.25, 0.3) is 5.91 Å². The van der Waals surface area contributed by atoms with Crippen LogP contribution in [-0.4, -0.2) is 22.4 Å². The molecule has 0 aliphatic heterocycles. The number of anilines is 1. The van der Waals surface area contributed by atoms with Crippen LogP contribution in [0, 0.1) is 11.6 Å². The maximum atomic E-state index is 14.3. The number of hydrogen-bond acceptors (Lipinski definition) is 6. The molecule has 4 aromatic rings. The largest absolute Gasteiger partial charge is 0.380 e. The molecule has 0 bridgehead atoms. The molecule has 2 heterocycles. The summed E-state index contributed by atoms with van der Waals surface area (Å²) >= 11 is 2.21. The number of ether oxygens (including phenoxy) is 1. The second kappa shape index (κ2) is 7.70. The Kier molecular flexibility index (Phi) is 5.12. The predicted octanol–water partition coefficient (Wildman–Crippen LogP) is 5.10. The molecule has 2 aromatic heterocycles. The Morgan fingerprint density at radius 3 is 2.71 bits per heavy atom. The Bertz CT molecular complexity index is 1160. The van der Waals surface area contributed by atoms with Gasteiger partial charge in [-0.3, -0.25) is 10.1 Å². The van der Waals surface area contributed by atoms with Crippen LogP contribution in [0.1, 0.15) is 15.2 Å². The quantitative estimate of drug-likeness (QED) is 0.491. The van der Waals surface area contributed by atoms with E-state index in [-0.39, 0.29) is 12.4 Å². The lowest BCUT2D eigenvalue weighted by Crippen LogP contribution is -2.12. The molecule has 0 unspecified atom stereocenters. The number of hydrogen-bond donors (Lipinski definition) is 1. The molecule has 4 rings (SSSR count). The second-order valence-corrected chi connectivity index (χ2v) is 7.64. The van der Waals surface area contributed by atoms with Gasteiger partial charge in [-0.1, -0.05) is 6.07 Å². The highest BCUT2D eigenvalue weighted by Crippen LogP contribution is 2.34. The molecule has 0 aliphatic rings. The van der Waals surface area contributed by atoms with Crippen LogP contribution in [-0.2, 0) is 11.3 Å². The molecule has 0 fully saturated rings. The number of benzene rings is 2. The average Bonchev–Trinajstić information content (AvgIpc) is 3.28. The highest BCUT2D eigenvalue weighted by Gasteiger charge is 2.21. The van der Waals surface area contributed by atoms with E-state index in [1.54, 1.807) is 24.3 Å². The van der Waals surface area contributed by atoms with Crippen molar-refractivity contribution < 1.29 is 18.3 Å². The van der Waals surface area contributed by atoms with Gasteiger partial charge < -0.3 is 4.74 Å². The van der Waals surface area contributed by atoms with Gasteiger partial charge in [-0.2, -0.15) is 9.36 Å². The van der Waals surface area contributed by atoms with Crippen molar-refractivity contribution in [3.05, 3.63) is 64.5 Å². The molecule has 9 heteroatoms. The van der Waals surface area contributed by atoms with Crippen molar-refractivity contribution in [2.24, 2.45) is 0 Å². The van der Waals surface area contributed by atoms with Gasteiger partial charge in [0, 0.05) is 39.9 Å². The number of carbonyl (C=O) groups is 1. The number of halogens is 2. The Balaban J connectivity index is 1.63. The summed E-state index contributed by atoms with van der Waals surface area (Å²) in [6.45, 7) is 0.112. The fourth-order valence-electron chi connectivity index (χ4n) is 2.78. The predicted molar refractivity (Wildman–Crippen MR) is 106 cm³/mol. The molecule has 1 amide bonds. The number of nitrogens with zero attached hydrogens (tertiary/aromatic N) is 2. The summed E-state index contributed by atoms with van der Waals surface area (Å²) in [6.07, 6.45) is 0. The normalized spacial score (nSPS) is 11.1. The number of thiophene rings is 1. The number of carbonyl (C=O) groups excluding carboxylic acids is 1. The first kappa shape index (κ1) is 18.6. The van der Waals surface area contributed by atoms with Gasteiger partial charge in [0.05, 0.1) is 11.5 Å². The number of aromatic nitrogens is 2. The van der Waals surface area contributed by atoms with Crippen LogP contribution >= 0.6 is 22.9 Å². The molecular weight excluding hydrogens is 404 g/mol. The van der Waals surface area contributed by atoms with E-state index in [1.807, 2.05) is 0 Å². The minimum atomic E-state index is -0.408. The van der Waals surface area contributed by atoms with Crippen molar-refractivity contribution in [2.75, 3.05) is 12.4 Å². The third-order valence-electron chi connectivity index (χ3n) is 4.01. The fraction of sp³-hybridized carbons (Fsp3) is 0.105. The van der Waals surface area contributed by atoms with Crippen LogP contribution in [0.3, 0.4) is 0 Å². The molecule has 0 saturated heterocycles. The van der Waals surface area contributed by atoms with Gasteiger partial charge in [-0.25, -0.2) is 8.78 Å². The maximum absolute atomic E-state index is 14.3. The number of methoxy groups -OCH3 is 1. The van der Waals surface area contributed by atoms with Crippen LogP contribution in [0.15, 0.2) is 42.5 Å². The average molecular weight is 417 g/mol. The lowest BCUT2D eigenvalue weighted by molar-refractivity contribution is 0.102. The van der Waals surface area contributed by atoms with E-state index in [0.29, 0.717) is 37.0 Å². The Hall–Kier alpha value is -2.75. The van der Waals surface area contributed by atoms with Gasteiger partial charge in [0.2, 0.25) is 5.13 Å². The van der Waals surface area contributed by atoms with Crippen molar-refractivity contribution in [2.45, 2.75) is 6.61 Å². The van der Waals surface area contributed by atoms with Crippen LogP contribution < -0.4 is 5.32 Å². The zero-order valence-corrected chi connectivity index (χ0v) is 16.2. The van der Waals surface area contributed by atoms with Crippen LogP contribution in [0.2, 0.25) is 0 Å². The minimum absolute atomic E-state index is 0.112. The Labute approximate surface area is 166 Å². The first-order chi connectivity index (χ1) is 13.6. The third kappa shape index (κ3) is 3.51. The zero-order chi connectivity index (χ0) is 19.7. The van der Waals surface area contributed by atoms with E-state index in [9.17, 15) is 13.6 Å². The molecule has 0 saturated carbocycles. The van der Waals surface area contributed by atoms with Crippen molar-refractivity contribution in [3.8, 4) is 11.4 Å². The lowest BCUT2D eigenvalue weighted by Gasteiger charge is -2.04. The summed E-state index contributed by atoms with van der Waals surface area (Å²) in [7, 11) is 1.49. The fourth-order valence-corrected chi connectivity index (χ4v) is 4.48. The van der Waals surface area contributed by atoms with Crippen LogP contribution in [0.25, 0.3) is 21.5 Å². The van der Waals surface area contributed by atoms with Crippen LogP contribution in [0.5, 0.6) is 0 Å². The SMILES string of the molecule is COCc1c(C(=O)Nc2nc(-c3ccc(F)cc3)ns2)sc2cccc(F)c12. The van der Waals surface area contributed by atoms with E-state index in [1.165, 1.54) is 36.6 Å². The monoisotopic (exact) mass is 417 g/mol. The summed E-state index contributed by atoms with van der Waals surface area (Å²) < 4.78 is 37.3. The molecule has 0 radical (unpaired) electrons. The molecule has 142 valence electrons. The second-order valence-electron chi connectivity index (χ2n) is 5.84. The van der Waals surface area contributed by atoms with Gasteiger partial charge >= 0.3 is 0 Å². The summed E-state index contributed by atoms with van der Waals surface area (Å²) in [4.78, 5) is 17.4. The smallest absolute Gasteiger partial charge is 0.267 e. The minimum Gasteiger partial charge on any atom is -0.380 e. The van der Waals surface area contributed by atoms with E-state index in [2.05, 4.69) is 14.7 Å². The van der Waals surface area contributed by atoms with Gasteiger partial charge in [-0.05, 0) is 36.4 Å². The van der Waals surface area contributed by atoms with Crippen molar-refractivity contribution in [1.29, 1.82) is 0 Å². The Morgan fingerprint density at radius 1 is 1.18 bits per heavy atom. The summed E-state index contributed by atoms with van der Waals surface area (Å²) in [5.74, 6) is -0.765. The first-order valence-electron chi connectivity index (χ1n) is 8.16. The summed E-state index contributed by atoms with van der Waals surface area (Å²) in [6, 6.07) is 10.5. The summed E-state index contributed by atoms with van der Waals surface area (Å²) in [5.41, 5.74) is 1.14.